The molecule has 0 saturated carbocycles. The molecule has 0 atom stereocenters. The van der Waals surface area contributed by atoms with E-state index >= 15 is 0 Å². The number of aromatic nitrogens is 3. The summed E-state index contributed by atoms with van der Waals surface area (Å²) in [7, 11) is -3.51. The van der Waals surface area contributed by atoms with Gasteiger partial charge in [0.25, 0.3) is 0 Å². The number of rotatable bonds is 3. The zero-order valence-corrected chi connectivity index (χ0v) is 15.7. The van der Waals surface area contributed by atoms with Crippen LogP contribution in [0.3, 0.4) is 0 Å². The fourth-order valence-corrected chi connectivity index (χ4v) is 3.50. The Balaban J connectivity index is 2.19. The van der Waals surface area contributed by atoms with Crippen molar-refractivity contribution in [3.63, 3.8) is 0 Å². The van der Waals surface area contributed by atoms with E-state index in [4.69, 9.17) is 0 Å². The molecule has 0 bridgehead atoms. The van der Waals surface area contributed by atoms with E-state index in [1.165, 1.54) is 12.1 Å². The molecular weight excluding hydrogens is 397 g/mol. The summed E-state index contributed by atoms with van der Waals surface area (Å²) in [6, 6.07) is 4.14. The SMILES string of the molecule is CS(=O)(=O)c1ccc(-n2nc(C(F)(F)F)c(C#N)c2N2CCCNCC2)nc1. The lowest BCUT2D eigenvalue weighted by atomic mass is 10.2. The topological polar surface area (TPSA) is 104 Å². The van der Waals surface area contributed by atoms with Gasteiger partial charge < -0.3 is 10.2 Å². The Morgan fingerprint density at radius 1 is 1.25 bits per heavy atom. The third kappa shape index (κ3) is 3.95. The number of nitrogens with zero attached hydrogens (tertiary/aromatic N) is 5. The second-order valence-corrected chi connectivity index (χ2v) is 8.30. The first-order valence-electron chi connectivity index (χ1n) is 8.35. The van der Waals surface area contributed by atoms with Gasteiger partial charge in [0.05, 0.1) is 4.90 Å². The standard InChI is InChI=1S/C16H17F3N6O2S/c1-28(26,27)11-3-4-13(22-10-11)25-15(24-7-2-5-21-6-8-24)12(9-20)14(23-25)16(17,18)19/h3-4,10,21H,2,5-8H2,1H3. The first-order chi connectivity index (χ1) is 13.1. The van der Waals surface area contributed by atoms with Crippen molar-refractivity contribution in [3.8, 4) is 11.9 Å². The molecule has 2 aromatic heterocycles. The van der Waals surface area contributed by atoms with Gasteiger partial charge in [-0.2, -0.15) is 28.2 Å². The van der Waals surface area contributed by atoms with Crippen LogP contribution in [0.25, 0.3) is 5.82 Å². The molecule has 28 heavy (non-hydrogen) atoms. The molecule has 1 N–H and O–H groups in total. The highest BCUT2D eigenvalue weighted by Gasteiger charge is 2.41. The molecule has 1 aliphatic rings. The minimum absolute atomic E-state index is 0.00173. The number of alkyl halides is 3. The molecule has 0 amide bonds. The average molecular weight is 414 g/mol. The second kappa shape index (κ2) is 7.40. The van der Waals surface area contributed by atoms with Crippen LogP contribution in [0.2, 0.25) is 0 Å². The molecule has 150 valence electrons. The van der Waals surface area contributed by atoms with Crippen molar-refractivity contribution in [3.05, 3.63) is 29.6 Å². The van der Waals surface area contributed by atoms with Gasteiger partial charge in [-0.25, -0.2) is 13.4 Å². The number of pyridine rings is 1. The van der Waals surface area contributed by atoms with E-state index in [-0.39, 0.29) is 16.5 Å². The van der Waals surface area contributed by atoms with Crippen LogP contribution in [0.5, 0.6) is 0 Å². The largest absolute Gasteiger partial charge is 0.436 e. The molecular formula is C16H17F3N6O2S. The van der Waals surface area contributed by atoms with Crippen LogP contribution in [0, 0.1) is 11.3 Å². The van der Waals surface area contributed by atoms with Crippen molar-refractivity contribution in [2.75, 3.05) is 37.3 Å². The summed E-state index contributed by atoms with van der Waals surface area (Å²) in [6.07, 6.45) is -2.08. The summed E-state index contributed by atoms with van der Waals surface area (Å²) < 4.78 is 64.5. The fourth-order valence-electron chi connectivity index (χ4n) is 2.94. The van der Waals surface area contributed by atoms with Crippen LogP contribution in [0.4, 0.5) is 19.0 Å². The molecule has 1 saturated heterocycles. The number of hydrogen-bond acceptors (Lipinski definition) is 7. The molecule has 2 aromatic rings. The van der Waals surface area contributed by atoms with E-state index in [9.17, 15) is 26.9 Å². The van der Waals surface area contributed by atoms with Crippen molar-refractivity contribution in [1.82, 2.24) is 20.1 Å². The summed E-state index contributed by atoms with van der Waals surface area (Å²) >= 11 is 0. The maximum Gasteiger partial charge on any atom is 0.436 e. The van der Waals surface area contributed by atoms with Crippen LogP contribution < -0.4 is 10.2 Å². The molecule has 0 spiro atoms. The lowest BCUT2D eigenvalue weighted by Gasteiger charge is -2.23. The molecule has 12 heteroatoms. The first-order valence-corrected chi connectivity index (χ1v) is 10.2. The highest BCUT2D eigenvalue weighted by molar-refractivity contribution is 7.90. The van der Waals surface area contributed by atoms with E-state index < -0.39 is 27.3 Å². The summed E-state index contributed by atoms with van der Waals surface area (Å²) in [6.45, 7) is 2.07. The van der Waals surface area contributed by atoms with E-state index in [0.717, 1.165) is 17.1 Å². The number of nitrogens with one attached hydrogen (secondary N) is 1. The number of nitriles is 1. The third-order valence-electron chi connectivity index (χ3n) is 4.25. The Kier molecular flexibility index (Phi) is 5.31. The molecule has 0 unspecified atom stereocenters. The minimum Gasteiger partial charge on any atom is -0.354 e. The fraction of sp³-hybridized carbons (Fsp3) is 0.438. The monoisotopic (exact) mass is 414 g/mol. The Bertz CT molecular complexity index is 1000. The average Bonchev–Trinajstić information content (AvgIpc) is 2.82. The molecule has 1 fully saturated rings. The Morgan fingerprint density at radius 3 is 2.57 bits per heavy atom. The summed E-state index contributed by atoms with van der Waals surface area (Å²) in [5.41, 5.74) is -1.88. The highest BCUT2D eigenvalue weighted by Crippen LogP contribution is 2.36. The molecule has 3 heterocycles. The first kappa shape index (κ1) is 20.1. The van der Waals surface area contributed by atoms with Gasteiger partial charge in [0.2, 0.25) is 0 Å². The molecule has 3 rings (SSSR count). The van der Waals surface area contributed by atoms with Crippen LogP contribution in [0.1, 0.15) is 17.7 Å². The molecule has 0 aromatic carbocycles. The normalized spacial score (nSPS) is 15.9. The maximum atomic E-state index is 13.5. The Labute approximate surface area is 159 Å². The number of anilines is 1. The summed E-state index contributed by atoms with van der Waals surface area (Å²) in [4.78, 5) is 5.56. The zero-order valence-electron chi connectivity index (χ0n) is 14.9. The van der Waals surface area contributed by atoms with Crippen molar-refractivity contribution in [2.24, 2.45) is 0 Å². The Morgan fingerprint density at radius 2 is 2.00 bits per heavy atom. The number of halogens is 3. The predicted octanol–water partition coefficient (Wildman–Crippen LogP) is 1.36. The Hall–Kier alpha value is -2.65. The second-order valence-electron chi connectivity index (χ2n) is 6.28. The maximum absolute atomic E-state index is 13.5. The lowest BCUT2D eigenvalue weighted by Crippen LogP contribution is -2.30. The zero-order chi connectivity index (χ0) is 20.5. The van der Waals surface area contributed by atoms with E-state index in [2.05, 4.69) is 15.4 Å². The van der Waals surface area contributed by atoms with Crippen LogP contribution in [-0.2, 0) is 16.0 Å². The molecule has 0 aliphatic carbocycles. The van der Waals surface area contributed by atoms with Gasteiger partial charge in [-0.15, -0.1) is 0 Å². The van der Waals surface area contributed by atoms with Crippen molar-refractivity contribution in [2.45, 2.75) is 17.5 Å². The van der Waals surface area contributed by atoms with Gasteiger partial charge in [-0.3, -0.25) is 0 Å². The number of hydrogen-bond donors (Lipinski definition) is 1. The van der Waals surface area contributed by atoms with Crippen molar-refractivity contribution in [1.29, 1.82) is 5.26 Å². The van der Waals surface area contributed by atoms with Crippen LogP contribution in [-0.4, -0.2) is 55.6 Å². The van der Waals surface area contributed by atoms with Gasteiger partial charge in [0.15, 0.2) is 27.2 Å². The molecule has 0 radical (unpaired) electrons. The van der Waals surface area contributed by atoms with Gasteiger partial charge in [-0.1, -0.05) is 0 Å². The summed E-state index contributed by atoms with van der Waals surface area (Å²) in [5, 5.41) is 16.2. The van der Waals surface area contributed by atoms with E-state index in [1.54, 1.807) is 11.0 Å². The van der Waals surface area contributed by atoms with Gasteiger partial charge in [0, 0.05) is 32.1 Å². The van der Waals surface area contributed by atoms with Gasteiger partial charge >= 0.3 is 6.18 Å². The highest BCUT2D eigenvalue weighted by atomic mass is 32.2. The molecule has 8 nitrogen and oxygen atoms in total. The van der Waals surface area contributed by atoms with E-state index in [0.29, 0.717) is 32.6 Å². The van der Waals surface area contributed by atoms with Crippen LogP contribution >= 0.6 is 0 Å². The predicted molar refractivity (Wildman–Crippen MR) is 93.9 cm³/mol. The van der Waals surface area contributed by atoms with Crippen molar-refractivity contribution >= 4 is 15.7 Å². The van der Waals surface area contributed by atoms with Gasteiger partial charge in [-0.05, 0) is 25.1 Å². The quantitative estimate of drug-likeness (QED) is 0.809. The number of sulfone groups is 1. The van der Waals surface area contributed by atoms with Crippen LogP contribution in [0.15, 0.2) is 23.2 Å². The minimum atomic E-state index is -4.82. The summed E-state index contributed by atoms with van der Waals surface area (Å²) in [5.74, 6) is -0.00950. The third-order valence-corrected chi connectivity index (χ3v) is 5.34. The smallest absolute Gasteiger partial charge is 0.354 e. The lowest BCUT2D eigenvalue weighted by molar-refractivity contribution is -0.141. The van der Waals surface area contributed by atoms with Gasteiger partial charge in [0.1, 0.15) is 11.6 Å². The van der Waals surface area contributed by atoms with E-state index in [1.807, 2.05) is 0 Å². The van der Waals surface area contributed by atoms with Crippen molar-refractivity contribution < 1.29 is 21.6 Å². The molecule has 1 aliphatic heterocycles.